The molecule has 0 aliphatic rings. The van der Waals surface area contributed by atoms with Crippen molar-refractivity contribution in [1.29, 1.82) is 0 Å². The highest BCUT2D eigenvalue weighted by Crippen LogP contribution is 2.28. The predicted octanol–water partition coefficient (Wildman–Crippen LogP) is 3.48. The topological polar surface area (TPSA) is 57.0 Å². The lowest BCUT2D eigenvalue weighted by Gasteiger charge is -2.16. The number of carbonyl (C=O) groups excluding carboxylic acids is 1. The Labute approximate surface area is 124 Å². The summed E-state index contributed by atoms with van der Waals surface area (Å²) >= 11 is 0. The maximum Gasteiger partial charge on any atom is 0.361 e. The molecule has 0 N–H and O–H groups in total. The molecular weight excluding hydrogens is 266 g/mol. The van der Waals surface area contributed by atoms with Crippen LogP contribution in [0.5, 0.6) is 0 Å². The number of carbonyl (C=O) groups is 1. The first-order valence-corrected chi connectivity index (χ1v) is 7.40. The van der Waals surface area contributed by atoms with E-state index < -0.39 is 5.97 Å². The molecule has 112 valence electrons. The van der Waals surface area contributed by atoms with Crippen LogP contribution in [0.15, 0.2) is 30.3 Å². The van der Waals surface area contributed by atoms with Crippen LogP contribution >= 0.6 is 0 Å². The zero-order valence-electron chi connectivity index (χ0n) is 12.7. The fraction of sp³-hybridized carbons (Fsp3) is 0.438. The van der Waals surface area contributed by atoms with Gasteiger partial charge in [0.25, 0.3) is 0 Å². The van der Waals surface area contributed by atoms with Crippen molar-refractivity contribution in [3.05, 3.63) is 36.0 Å². The number of rotatable bonds is 6. The van der Waals surface area contributed by atoms with E-state index in [2.05, 4.69) is 24.2 Å². The molecule has 1 aromatic heterocycles. The van der Waals surface area contributed by atoms with E-state index in [1.54, 1.807) is 6.92 Å². The van der Waals surface area contributed by atoms with E-state index in [1.807, 2.05) is 35.0 Å². The van der Waals surface area contributed by atoms with Gasteiger partial charge in [0.2, 0.25) is 0 Å². The van der Waals surface area contributed by atoms with Gasteiger partial charge in [-0.3, -0.25) is 0 Å². The van der Waals surface area contributed by atoms with Crippen molar-refractivity contribution in [3.8, 4) is 11.3 Å². The number of ether oxygens (including phenoxy) is 1. The smallest absolute Gasteiger partial charge is 0.361 e. The van der Waals surface area contributed by atoms with Crippen LogP contribution in [-0.4, -0.2) is 27.6 Å². The maximum atomic E-state index is 12.1. The zero-order valence-corrected chi connectivity index (χ0v) is 12.7. The van der Waals surface area contributed by atoms with Gasteiger partial charge < -0.3 is 4.74 Å². The summed E-state index contributed by atoms with van der Waals surface area (Å²) in [5.41, 5.74) is 1.95. The molecular formula is C16H21N3O2. The van der Waals surface area contributed by atoms with E-state index in [9.17, 15) is 4.79 Å². The molecule has 0 aliphatic carbocycles. The number of benzene rings is 1. The van der Waals surface area contributed by atoms with Crippen LogP contribution in [0.3, 0.4) is 0 Å². The van der Waals surface area contributed by atoms with Gasteiger partial charge in [-0.2, -0.15) is 0 Å². The summed E-state index contributed by atoms with van der Waals surface area (Å²) in [5.74, 6) is -0.423. The minimum Gasteiger partial charge on any atom is -0.461 e. The van der Waals surface area contributed by atoms with E-state index in [0.29, 0.717) is 6.61 Å². The van der Waals surface area contributed by atoms with Crippen molar-refractivity contribution in [2.24, 2.45) is 0 Å². The van der Waals surface area contributed by atoms with E-state index in [-0.39, 0.29) is 11.7 Å². The molecule has 0 bridgehead atoms. The third-order valence-corrected chi connectivity index (χ3v) is 3.50. The predicted molar refractivity (Wildman–Crippen MR) is 81.0 cm³/mol. The number of esters is 1. The summed E-state index contributed by atoms with van der Waals surface area (Å²) in [6, 6.07) is 9.96. The molecule has 0 unspecified atom stereocenters. The monoisotopic (exact) mass is 287 g/mol. The largest absolute Gasteiger partial charge is 0.461 e. The van der Waals surface area contributed by atoms with Crippen LogP contribution < -0.4 is 0 Å². The second-order valence-electron chi connectivity index (χ2n) is 4.79. The molecule has 21 heavy (non-hydrogen) atoms. The molecule has 1 aromatic carbocycles. The van der Waals surface area contributed by atoms with Gasteiger partial charge in [0.15, 0.2) is 5.69 Å². The van der Waals surface area contributed by atoms with Gasteiger partial charge in [0, 0.05) is 5.56 Å². The van der Waals surface area contributed by atoms with Gasteiger partial charge in [0.1, 0.15) is 5.69 Å². The number of nitrogens with zero attached hydrogens (tertiary/aromatic N) is 3. The molecule has 0 spiro atoms. The first-order chi connectivity index (χ1) is 10.2. The Morgan fingerprint density at radius 1 is 1.19 bits per heavy atom. The van der Waals surface area contributed by atoms with Crippen LogP contribution in [0.1, 0.15) is 50.1 Å². The van der Waals surface area contributed by atoms with Gasteiger partial charge in [-0.25, -0.2) is 9.48 Å². The van der Waals surface area contributed by atoms with E-state index in [4.69, 9.17) is 4.74 Å². The molecule has 0 saturated carbocycles. The number of hydrogen-bond acceptors (Lipinski definition) is 4. The fourth-order valence-electron chi connectivity index (χ4n) is 2.39. The minimum absolute atomic E-state index is 0.218. The average molecular weight is 287 g/mol. The van der Waals surface area contributed by atoms with Crippen molar-refractivity contribution >= 4 is 5.97 Å². The molecule has 0 fully saturated rings. The number of hydrogen-bond donors (Lipinski definition) is 0. The molecule has 5 nitrogen and oxygen atoms in total. The average Bonchev–Trinajstić information content (AvgIpc) is 2.94. The molecule has 2 rings (SSSR count). The lowest BCUT2D eigenvalue weighted by atomic mass is 10.1. The van der Waals surface area contributed by atoms with Crippen LogP contribution in [0, 0.1) is 0 Å². The molecule has 0 atom stereocenters. The summed E-state index contributed by atoms with van der Waals surface area (Å²) in [4.78, 5) is 12.1. The lowest BCUT2D eigenvalue weighted by Crippen LogP contribution is -2.12. The van der Waals surface area contributed by atoms with Crippen molar-refractivity contribution in [3.63, 3.8) is 0 Å². The van der Waals surface area contributed by atoms with Crippen molar-refractivity contribution in [2.45, 2.75) is 39.7 Å². The summed E-state index contributed by atoms with van der Waals surface area (Å²) in [6.07, 6.45) is 1.86. The van der Waals surface area contributed by atoms with Crippen molar-refractivity contribution < 1.29 is 9.53 Å². The Morgan fingerprint density at radius 3 is 2.43 bits per heavy atom. The second kappa shape index (κ2) is 7.02. The summed E-state index contributed by atoms with van der Waals surface area (Å²) in [7, 11) is 0. The van der Waals surface area contributed by atoms with Crippen LogP contribution in [0.2, 0.25) is 0 Å². The first kappa shape index (κ1) is 15.2. The number of aromatic nitrogens is 3. The Bertz CT molecular complexity index is 589. The molecule has 0 saturated heterocycles. The SMILES string of the molecule is CCOC(=O)c1nnn(C(CC)CC)c1-c1ccccc1. The fourth-order valence-corrected chi connectivity index (χ4v) is 2.39. The van der Waals surface area contributed by atoms with Crippen LogP contribution in [0.4, 0.5) is 0 Å². The Hall–Kier alpha value is -2.17. The highest BCUT2D eigenvalue weighted by atomic mass is 16.5. The Balaban J connectivity index is 2.55. The van der Waals surface area contributed by atoms with Crippen molar-refractivity contribution in [1.82, 2.24) is 15.0 Å². The molecule has 0 radical (unpaired) electrons. The van der Waals surface area contributed by atoms with Gasteiger partial charge in [-0.15, -0.1) is 5.10 Å². The quantitative estimate of drug-likeness (QED) is 0.763. The Morgan fingerprint density at radius 2 is 1.86 bits per heavy atom. The summed E-state index contributed by atoms with van der Waals surface area (Å²) < 4.78 is 6.94. The van der Waals surface area contributed by atoms with E-state index >= 15 is 0 Å². The summed E-state index contributed by atoms with van der Waals surface area (Å²) in [5, 5.41) is 8.27. The molecule has 5 heteroatoms. The first-order valence-electron chi connectivity index (χ1n) is 7.40. The van der Waals surface area contributed by atoms with Gasteiger partial charge in [0.05, 0.1) is 12.6 Å². The third kappa shape index (κ3) is 3.12. The Kier molecular flexibility index (Phi) is 5.09. The van der Waals surface area contributed by atoms with Gasteiger partial charge in [-0.05, 0) is 19.8 Å². The second-order valence-corrected chi connectivity index (χ2v) is 4.79. The molecule has 0 aliphatic heterocycles. The highest BCUT2D eigenvalue weighted by Gasteiger charge is 2.24. The lowest BCUT2D eigenvalue weighted by molar-refractivity contribution is 0.0520. The highest BCUT2D eigenvalue weighted by molar-refractivity contribution is 5.94. The van der Waals surface area contributed by atoms with Crippen molar-refractivity contribution in [2.75, 3.05) is 6.61 Å². The zero-order chi connectivity index (χ0) is 15.2. The maximum absolute atomic E-state index is 12.1. The molecule has 0 amide bonds. The molecule has 2 aromatic rings. The van der Waals surface area contributed by atoms with E-state index in [1.165, 1.54) is 0 Å². The normalized spacial score (nSPS) is 10.9. The van der Waals surface area contributed by atoms with Crippen LogP contribution in [-0.2, 0) is 4.74 Å². The minimum atomic E-state index is -0.423. The van der Waals surface area contributed by atoms with Crippen LogP contribution in [0.25, 0.3) is 11.3 Å². The standard InChI is InChI=1S/C16H21N3O2/c1-4-13(5-2)19-15(12-10-8-7-9-11-12)14(17-18-19)16(20)21-6-3/h7-11,13H,4-6H2,1-3H3. The van der Waals surface area contributed by atoms with Gasteiger partial charge in [-0.1, -0.05) is 49.4 Å². The van der Waals surface area contributed by atoms with E-state index in [0.717, 1.165) is 24.1 Å². The van der Waals surface area contributed by atoms with Gasteiger partial charge >= 0.3 is 5.97 Å². The third-order valence-electron chi connectivity index (χ3n) is 3.50. The molecule has 1 heterocycles. The summed E-state index contributed by atoms with van der Waals surface area (Å²) in [6.45, 7) is 6.32.